The number of nitrogens with zero attached hydrogens (tertiary/aromatic N) is 2. The second-order valence-electron chi connectivity index (χ2n) is 13.9. The van der Waals surface area contributed by atoms with Crippen LogP contribution in [0, 0.1) is 0 Å². The maximum absolute atomic E-state index is 6.79. The van der Waals surface area contributed by atoms with Crippen molar-refractivity contribution in [3.8, 4) is 55.9 Å². The molecule has 0 saturated heterocycles. The highest BCUT2D eigenvalue weighted by Gasteiger charge is 2.21. The minimum atomic E-state index is 0.905. The van der Waals surface area contributed by atoms with Gasteiger partial charge in [-0.25, -0.2) is 4.98 Å². The quantitative estimate of drug-likeness (QED) is 0.169. The van der Waals surface area contributed by atoms with Crippen molar-refractivity contribution in [3.05, 3.63) is 194 Å². The summed E-state index contributed by atoms with van der Waals surface area (Å²) in [6.45, 7) is 0. The van der Waals surface area contributed by atoms with Crippen LogP contribution >= 0.6 is 0 Å². The largest absolute Gasteiger partial charge is 0.455 e. The van der Waals surface area contributed by atoms with Crippen molar-refractivity contribution < 1.29 is 4.42 Å². The predicted molar refractivity (Wildman–Crippen MR) is 225 cm³/mol. The molecule has 0 radical (unpaired) electrons. The summed E-state index contributed by atoms with van der Waals surface area (Å²) in [4.78, 5) is 5.38. The van der Waals surface area contributed by atoms with Crippen LogP contribution in [0.1, 0.15) is 0 Å². The number of hydrogen-bond acceptors (Lipinski definition) is 2. The van der Waals surface area contributed by atoms with Gasteiger partial charge in [0.2, 0.25) is 0 Å². The molecule has 0 unspecified atom stereocenters. The van der Waals surface area contributed by atoms with Gasteiger partial charge in [-0.2, -0.15) is 0 Å². The summed E-state index contributed by atoms with van der Waals surface area (Å²) in [7, 11) is 0. The molecule has 0 spiro atoms. The van der Waals surface area contributed by atoms with E-state index in [0.717, 1.165) is 94.4 Å². The molecular formula is C51H32N2O. The number of para-hydroxylation sites is 2. The number of hydrogen-bond donors (Lipinski definition) is 0. The third-order valence-corrected chi connectivity index (χ3v) is 10.8. The molecule has 11 aromatic rings. The van der Waals surface area contributed by atoms with E-state index in [1.54, 1.807) is 0 Å². The molecule has 3 aromatic heterocycles. The first-order chi connectivity index (χ1) is 26.8. The summed E-state index contributed by atoms with van der Waals surface area (Å²) in [5.41, 5.74) is 15.0. The summed E-state index contributed by atoms with van der Waals surface area (Å²) in [6, 6.07) is 68.9. The summed E-state index contributed by atoms with van der Waals surface area (Å²) in [5, 5.41) is 5.74. The van der Waals surface area contributed by atoms with Gasteiger partial charge < -0.3 is 4.42 Å². The van der Waals surface area contributed by atoms with Gasteiger partial charge in [-0.1, -0.05) is 176 Å². The molecule has 0 atom stereocenters. The normalized spacial score (nSPS) is 11.7. The van der Waals surface area contributed by atoms with E-state index < -0.39 is 0 Å². The Hall–Kier alpha value is -7.23. The number of rotatable bonds is 5. The van der Waals surface area contributed by atoms with Crippen molar-refractivity contribution in [2.75, 3.05) is 0 Å². The predicted octanol–water partition coefficient (Wildman–Crippen LogP) is 13.9. The highest BCUT2D eigenvalue weighted by atomic mass is 16.3. The fraction of sp³-hybridized carbons (Fsp3) is 0. The van der Waals surface area contributed by atoms with Gasteiger partial charge in [0.15, 0.2) is 0 Å². The Balaban J connectivity index is 1.11. The lowest BCUT2D eigenvalue weighted by molar-refractivity contribution is 0.671. The maximum Gasteiger partial charge on any atom is 0.146 e. The van der Waals surface area contributed by atoms with E-state index in [9.17, 15) is 0 Å². The summed E-state index contributed by atoms with van der Waals surface area (Å²) >= 11 is 0. The molecule has 252 valence electrons. The Morgan fingerprint density at radius 2 is 0.870 bits per heavy atom. The summed E-state index contributed by atoms with van der Waals surface area (Å²) in [5.74, 6) is 0. The van der Waals surface area contributed by atoms with Gasteiger partial charge in [-0.05, 0) is 45.8 Å². The van der Waals surface area contributed by atoms with E-state index in [2.05, 4.69) is 192 Å². The minimum Gasteiger partial charge on any atom is -0.455 e. The monoisotopic (exact) mass is 688 g/mol. The number of fused-ring (bicyclic) bond motifs is 9. The number of aromatic nitrogens is 2. The second kappa shape index (κ2) is 12.2. The van der Waals surface area contributed by atoms with Crippen molar-refractivity contribution in [1.82, 2.24) is 9.38 Å². The van der Waals surface area contributed by atoms with Crippen LogP contribution in [-0.2, 0) is 0 Å². The lowest BCUT2D eigenvalue weighted by Crippen LogP contribution is -1.95. The Kier molecular flexibility index (Phi) is 6.86. The Labute approximate surface area is 312 Å². The van der Waals surface area contributed by atoms with E-state index >= 15 is 0 Å². The lowest BCUT2D eigenvalue weighted by Gasteiger charge is -2.13. The molecule has 11 rings (SSSR count). The topological polar surface area (TPSA) is 30.4 Å². The molecule has 0 saturated carbocycles. The van der Waals surface area contributed by atoms with Crippen LogP contribution in [0.25, 0.3) is 105 Å². The molecule has 3 heteroatoms. The zero-order chi connectivity index (χ0) is 35.6. The van der Waals surface area contributed by atoms with Gasteiger partial charge in [-0.15, -0.1) is 0 Å². The van der Waals surface area contributed by atoms with Crippen molar-refractivity contribution >= 4 is 49.3 Å². The average Bonchev–Trinajstić information content (AvgIpc) is 3.85. The second-order valence-corrected chi connectivity index (χ2v) is 13.9. The third kappa shape index (κ3) is 4.72. The van der Waals surface area contributed by atoms with Crippen LogP contribution in [-0.4, -0.2) is 9.38 Å². The maximum atomic E-state index is 6.79. The number of furan rings is 1. The van der Waals surface area contributed by atoms with E-state index in [4.69, 9.17) is 9.40 Å². The van der Waals surface area contributed by atoms with E-state index in [-0.39, 0.29) is 0 Å². The van der Waals surface area contributed by atoms with Crippen LogP contribution in [0.2, 0.25) is 0 Å². The Morgan fingerprint density at radius 3 is 1.57 bits per heavy atom. The number of pyridine rings is 1. The molecule has 0 aliphatic rings. The molecule has 0 aliphatic carbocycles. The molecule has 8 aromatic carbocycles. The molecular weight excluding hydrogens is 657 g/mol. The van der Waals surface area contributed by atoms with Crippen LogP contribution in [0.5, 0.6) is 0 Å². The van der Waals surface area contributed by atoms with Gasteiger partial charge in [0.25, 0.3) is 0 Å². The van der Waals surface area contributed by atoms with Crippen molar-refractivity contribution in [2.24, 2.45) is 0 Å². The highest BCUT2D eigenvalue weighted by Crippen LogP contribution is 2.42. The third-order valence-electron chi connectivity index (χ3n) is 10.8. The van der Waals surface area contributed by atoms with E-state index in [1.165, 1.54) is 10.8 Å². The van der Waals surface area contributed by atoms with Crippen molar-refractivity contribution in [1.29, 1.82) is 0 Å². The van der Waals surface area contributed by atoms with Gasteiger partial charge in [-0.3, -0.25) is 4.40 Å². The van der Waals surface area contributed by atoms with Gasteiger partial charge in [0.1, 0.15) is 16.8 Å². The zero-order valence-electron chi connectivity index (χ0n) is 29.3. The highest BCUT2D eigenvalue weighted by molar-refractivity contribution is 6.15. The Morgan fingerprint density at radius 1 is 0.352 bits per heavy atom. The molecule has 0 amide bonds. The van der Waals surface area contributed by atoms with Crippen LogP contribution in [0.3, 0.4) is 0 Å². The van der Waals surface area contributed by atoms with Gasteiger partial charge >= 0.3 is 0 Å². The smallest absolute Gasteiger partial charge is 0.146 e. The Bertz CT molecular complexity index is 3190. The molecule has 54 heavy (non-hydrogen) atoms. The van der Waals surface area contributed by atoms with Crippen molar-refractivity contribution in [3.63, 3.8) is 0 Å². The van der Waals surface area contributed by atoms with E-state index in [0.29, 0.717) is 0 Å². The molecule has 3 nitrogen and oxygen atoms in total. The standard InChI is InChI=1S/C51H32N2O/c1-4-15-33(16-5-1)39-25-13-27-42-43-28-14-26-40(50(43)54-49(39)42)38-22-12-21-36(31-38)37-29-30-46-45(32-37)41-23-10-11-24-44(41)51-52-47(34-17-6-2-7-18-34)48(53(46)51)35-19-8-3-9-20-35/h1-32H. The van der Waals surface area contributed by atoms with Gasteiger partial charge in [0, 0.05) is 43.8 Å². The minimum absolute atomic E-state index is 0.905. The fourth-order valence-corrected chi connectivity index (χ4v) is 8.29. The number of imidazole rings is 1. The summed E-state index contributed by atoms with van der Waals surface area (Å²) in [6.07, 6.45) is 0. The molecule has 0 N–H and O–H groups in total. The molecule has 0 bridgehead atoms. The molecule has 3 heterocycles. The lowest BCUT2D eigenvalue weighted by atomic mass is 9.95. The van der Waals surface area contributed by atoms with E-state index in [1.807, 2.05) is 6.07 Å². The first-order valence-electron chi connectivity index (χ1n) is 18.4. The average molecular weight is 689 g/mol. The fourth-order valence-electron chi connectivity index (χ4n) is 8.29. The molecule has 0 fully saturated rings. The first-order valence-corrected chi connectivity index (χ1v) is 18.4. The SMILES string of the molecule is c1ccc(-c2nc3c4ccccc4c4cc(-c5cccc(-c6cccc7c6oc6c(-c8ccccc8)cccc67)c5)ccc4n3c2-c2ccccc2)cc1. The summed E-state index contributed by atoms with van der Waals surface area (Å²) < 4.78 is 9.15. The van der Waals surface area contributed by atoms with Crippen LogP contribution in [0.15, 0.2) is 199 Å². The van der Waals surface area contributed by atoms with Crippen LogP contribution < -0.4 is 0 Å². The zero-order valence-corrected chi connectivity index (χ0v) is 29.3. The van der Waals surface area contributed by atoms with Crippen LogP contribution in [0.4, 0.5) is 0 Å². The van der Waals surface area contributed by atoms with Gasteiger partial charge in [0.05, 0.1) is 16.9 Å². The molecule has 0 aliphatic heterocycles. The van der Waals surface area contributed by atoms with Crippen molar-refractivity contribution in [2.45, 2.75) is 0 Å². The number of benzene rings is 8. The first kappa shape index (κ1) is 30.4.